The van der Waals surface area contributed by atoms with E-state index in [1.807, 2.05) is 38.2 Å². The second-order valence-electron chi connectivity index (χ2n) is 6.28. The molecule has 148 valence electrons. The minimum Gasteiger partial charge on any atom is -0.497 e. The van der Waals surface area contributed by atoms with Crippen molar-refractivity contribution in [1.82, 2.24) is 14.8 Å². The van der Waals surface area contributed by atoms with Crippen molar-refractivity contribution in [3.8, 4) is 11.5 Å². The zero-order valence-electron chi connectivity index (χ0n) is 16.8. The number of hydrogen-bond acceptors (Lipinski definition) is 4. The number of aryl methyl sites for hydroxylation is 1. The van der Waals surface area contributed by atoms with E-state index in [1.165, 1.54) is 5.69 Å². The van der Waals surface area contributed by atoms with Gasteiger partial charge in [-0.05, 0) is 37.3 Å². The van der Waals surface area contributed by atoms with Crippen molar-refractivity contribution in [2.45, 2.75) is 19.6 Å². The van der Waals surface area contributed by atoms with Crippen molar-refractivity contribution < 1.29 is 14.6 Å². The normalized spacial score (nSPS) is 12.6. The molecule has 1 unspecified atom stereocenters. The molecule has 0 spiro atoms. The van der Waals surface area contributed by atoms with Gasteiger partial charge >= 0.3 is 0 Å². The standard InChI is InChI=1S/C20H30N4O3/c1-6-21-20(24(3)14-15-8-7-11-23(15)2)22-13-18(25)17-12-16(26-4)9-10-19(17)27-5/h7-12,18,25H,6,13-14H2,1-5H3,(H,21,22). The van der Waals surface area contributed by atoms with Gasteiger partial charge in [0.2, 0.25) is 0 Å². The average Bonchev–Trinajstić information content (AvgIpc) is 3.08. The maximum Gasteiger partial charge on any atom is 0.194 e. The fourth-order valence-corrected chi connectivity index (χ4v) is 2.82. The van der Waals surface area contributed by atoms with Crippen LogP contribution >= 0.6 is 0 Å². The first kappa shape index (κ1) is 20.6. The van der Waals surface area contributed by atoms with Gasteiger partial charge in [0.05, 0.1) is 27.3 Å². The van der Waals surface area contributed by atoms with E-state index in [2.05, 4.69) is 20.9 Å². The smallest absolute Gasteiger partial charge is 0.194 e. The Kier molecular flexibility index (Phi) is 7.55. The lowest BCUT2D eigenvalue weighted by atomic mass is 10.1. The second kappa shape index (κ2) is 9.87. The summed E-state index contributed by atoms with van der Waals surface area (Å²) in [5.74, 6) is 2.02. The number of aliphatic hydroxyl groups is 1. The van der Waals surface area contributed by atoms with E-state index in [0.29, 0.717) is 23.6 Å². The molecule has 0 radical (unpaired) electrons. The monoisotopic (exact) mass is 374 g/mol. The molecule has 0 saturated heterocycles. The first-order valence-corrected chi connectivity index (χ1v) is 8.99. The van der Waals surface area contributed by atoms with Crippen LogP contribution in [0.4, 0.5) is 0 Å². The number of methoxy groups -OCH3 is 2. The lowest BCUT2D eigenvalue weighted by molar-refractivity contribution is 0.181. The van der Waals surface area contributed by atoms with Crippen LogP contribution in [-0.2, 0) is 13.6 Å². The highest BCUT2D eigenvalue weighted by Crippen LogP contribution is 2.29. The number of guanidine groups is 1. The molecule has 0 aliphatic carbocycles. The Balaban J connectivity index is 2.14. The Morgan fingerprint density at radius 1 is 1.30 bits per heavy atom. The minimum absolute atomic E-state index is 0.212. The number of hydrogen-bond donors (Lipinski definition) is 2. The zero-order chi connectivity index (χ0) is 19.8. The maximum atomic E-state index is 10.7. The molecule has 1 heterocycles. The van der Waals surface area contributed by atoms with E-state index in [-0.39, 0.29) is 6.54 Å². The van der Waals surface area contributed by atoms with Gasteiger partial charge in [-0.3, -0.25) is 4.99 Å². The lowest BCUT2D eigenvalue weighted by Gasteiger charge is -2.23. The molecule has 1 atom stereocenters. The first-order chi connectivity index (χ1) is 13.0. The number of ether oxygens (including phenoxy) is 2. The van der Waals surface area contributed by atoms with Crippen molar-refractivity contribution in [1.29, 1.82) is 0 Å². The van der Waals surface area contributed by atoms with Gasteiger partial charge < -0.3 is 29.4 Å². The molecule has 2 rings (SSSR count). The number of aliphatic imine (C=N–C) groups is 1. The number of nitrogens with zero attached hydrogens (tertiary/aromatic N) is 3. The summed E-state index contributed by atoms with van der Waals surface area (Å²) in [5.41, 5.74) is 1.83. The van der Waals surface area contributed by atoms with Gasteiger partial charge in [0.15, 0.2) is 5.96 Å². The SMILES string of the molecule is CCNC(=NCC(O)c1cc(OC)ccc1OC)N(C)Cc1cccn1C. The van der Waals surface area contributed by atoms with E-state index in [0.717, 1.165) is 12.5 Å². The third-order valence-electron chi connectivity index (χ3n) is 4.36. The summed E-state index contributed by atoms with van der Waals surface area (Å²) < 4.78 is 12.7. The lowest BCUT2D eigenvalue weighted by Crippen LogP contribution is -2.39. The second-order valence-corrected chi connectivity index (χ2v) is 6.28. The molecular weight excluding hydrogens is 344 g/mol. The molecule has 0 saturated carbocycles. The molecule has 2 N–H and O–H groups in total. The quantitative estimate of drug-likeness (QED) is 0.547. The van der Waals surface area contributed by atoms with Crippen LogP contribution in [0.3, 0.4) is 0 Å². The van der Waals surface area contributed by atoms with Crippen molar-refractivity contribution in [3.05, 3.63) is 47.8 Å². The molecular formula is C20H30N4O3. The molecule has 0 bridgehead atoms. The highest BCUT2D eigenvalue weighted by Gasteiger charge is 2.16. The van der Waals surface area contributed by atoms with E-state index in [9.17, 15) is 5.11 Å². The predicted molar refractivity (Wildman–Crippen MR) is 107 cm³/mol. The molecule has 0 aliphatic heterocycles. The summed E-state index contributed by atoms with van der Waals surface area (Å²) in [6.45, 7) is 3.69. The molecule has 0 amide bonds. The van der Waals surface area contributed by atoms with E-state index in [4.69, 9.17) is 9.47 Å². The minimum atomic E-state index is -0.799. The Bertz CT molecular complexity index is 757. The largest absolute Gasteiger partial charge is 0.497 e. The summed E-state index contributed by atoms with van der Waals surface area (Å²) in [6.07, 6.45) is 1.22. The fourth-order valence-electron chi connectivity index (χ4n) is 2.82. The Morgan fingerprint density at radius 2 is 2.07 bits per heavy atom. The van der Waals surface area contributed by atoms with Crippen LogP contribution in [0.15, 0.2) is 41.5 Å². The molecule has 27 heavy (non-hydrogen) atoms. The first-order valence-electron chi connectivity index (χ1n) is 8.99. The number of nitrogens with one attached hydrogen (secondary N) is 1. The van der Waals surface area contributed by atoms with Gasteiger partial charge in [-0.2, -0.15) is 0 Å². The summed E-state index contributed by atoms with van der Waals surface area (Å²) in [6, 6.07) is 9.46. The van der Waals surface area contributed by atoms with Crippen LogP contribution in [0.25, 0.3) is 0 Å². The van der Waals surface area contributed by atoms with Gasteiger partial charge in [0, 0.05) is 38.1 Å². The van der Waals surface area contributed by atoms with E-state index >= 15 is 0 Å². The van der Waals surface area contributed by atoms with E-state index in [1.54, 1.807) is 32.4 Å². The topological polar surface area (TPSA) is 71.2 Å². The van der Waals surface area contributed by atoms with Crippen LogP contribution in [0.1, 0.15) is 24.3 Å². The Labute approximate surface area is 161 Å². The van der Waals surface area contributed by atoms with Gasteiger partial charge in [0.25, 0.3) is 0 Å². The molecule has 0 fully saturated rings. The zero-order valence-corrected chi connectivity index (χ0v) is 16.8. The summed E-state index contributed by atoms with van der Waals surface area (Å²) >= 11 is 0. The number of aliphatic hydroxyl groups excluding tert-OH is 1. The van der Waals surface area contributed by atoms with Crippen LogP contribution in [0.5, 0.6) is 11.5 Å². The highest BCUT2D eigenvalue weighted by atomic mass is 16.5. The third kappa shape index (κ3) is 5.40. The van der Waals surface area contributed by atoms with Crippen molar-refractivity contribution >= 4 is 5.96 Å². The fraction of sp³-hybridized carbons (Fsp3) is 0.450. The molecule has 1 aromatic carbocycles. The van der Waals surface area contributed by atoms with Gasteiger partial charge in [-0.1, -0.05) is 0 Å². The van der Waals surface area contributed by atoms with Crippen LogP contribution in [-0.4, -0.2) is 54.9 Å². The number of benzene rings is 1. The van der Waals surface area contributed by atoms with Crippen molar-refractivity contribution in [3.63, 3.8) is 0 Å². The molecule has 2 aromatic rings. The average molecular weight is 374 g/mol. The summed E-state index contributed by atoms with van der Waals surface area (Å²) in [5, 5.41) is 13.9. The maximum absolute atomic E-state index is 10.7. The summed E-state index contributed by atoms with van der Waals surface area (Å²) in [7, 11) is 7.18. The molecule has 0 aliphatic rings. The number of rotatable bonds is 8. The van der Waals surface area contributed by atoms with Crippen LogP contribution in [0.2, 0.25) is 0 Å². The molecule has 7 heteroatoms. The van der Waals surface area contributed by atoms with E-state index < -0.39 is 6.10 Å². The van der Waals surface area contributed by atoms with Crippen molar-refractivity contribution in [2.75, 3.05) is 34.4 Å². The highest BCUT2D eigenvalue weighted by molar-refractivity contribution is 5.79. The van der Waals surface area contributed by atoms with Crippen LogP contribution in [0, 0.1) is 0 Å². The Hall–Kier alpha value is -2.67. The van der Waals surface area contributed by atoms with Gasteiger partial charge in [-0.25, -0.2) is 0 Å². The number of aromatic nitrogens is 1. The summed E-state index contributed by atoms with van der Waals surface area (Å²) in [4.78, 5) is 6.64. The van der Waals surface area contributed by atoms with Crippen LogP contribution < -0.4 is 14.8 Å². The molecule has 1 aromatic heterocycles. The Morgan fingerprint density at radius 3 is 2.67 bits per heavy atom. The van der Waals surface area contributed by atoms with Gasteiger partial charge in [0.1, 0.15) is 17.6 Å². The molecule has 7 nitrogen and oxygen atoms in total. The third-order valence-corrected chi connectivity index (χ3v) is 4.36. The van der Waals surface area contributed by atoms with Crippen molar-refractivity contribution in [2.24, 2.45) is 12.0 Å². The van der Waals surface area contributed by atoms with Gasteiger partial charge in [-0.15, -0.1) is 0 Å². The predicted octanol–water partition coefficient (Wildman–Crippen LogP) is 2.17.